The molecule has 17 rings (SSSR count). The number of nitrogens with zero attached hydrogens (tertiary/aromatic N) is 9. The summed E-state index contributed by atoms with van der Waals surface area (Å²) in [7, 11) is 6.01. The summed E-state index contributed by atoms with van der Waals surface area (Å²) in [4.78, 5) is 67.1. The molecule has 4 bridgehead atoms. The normalized spacial score (nSPS) is 15.7. The van der Waals surface area contributed by atoms with Crippen LogP contribution in [-0.4, -0.2) is 106 Å². The number of benzene rings is 8. The largest absolute Gasteiger partial charge is 0.378 e. The number of alkyl halides is 6. The second-order valence-electron chi connectivity index (χ2n) is 36.8. The lowest BCUT2D eigenvalue weighted by molar-refractivity contribution is 0.100. The zero-order chi connectivity index (χ0) is 100. The third-order valence-electron chi connectivity index (χ3n) is 24.3. The quantitative estimate of drug-likeness (QED) is 0.0226. The average Bonchev–Trinajstić information content (AvgIpc) is 1.58. The molecular formula is C109H108ClF7N14O8. The minimum absolute atomic E-state index is 0.0660. The number of fused-ring (bicyclic) bond motifs is 10. The molecule has 5 unspecified atom stereocenters. The first-order valence-electron chi connectivity index (χ1n) is 45.3. The van der Waals surface area contributed by atoms with Gasteiger partial charge in [-0.15, -0.1) is 0 Å². The lowest BCUT2D eigenvalue weighted by atomic mass is 9.85. The maximum absolute atomic E-state index is 14.2. The summed E-state index contributed by atoms with van der Waals surface area (Å²) in [5, 5.41) is 58.5. The summed E-state index contributed by atoms with van der Waals surface area (Å²) < 4.78 is 98.0. The van der Waals surface area contributed by atoms with Gasteiger partial charge in [0.15, 0.2) is 0 Å². The van der Waals surface area contributed by atoms with E-state index in [2.05, 4.69) is 127 Å². The van der Waals surface area contributed by atoms with Crippen molar-refractivity contribution in [2.75, 3.05) is 26.6 Å². The lowest BCUT2D eigenvalue weighted by Gasteiger charge is -2.21. The van der Waals surface area contributed by atoms with Crippen LogP contribution in [-0.2, 0) is 28.2 Å². The molecule has 22 nitrogen and oxygen atoms in total. The number of halogens is 8. The molecule has 718 valence electrons. The molecule has 4 aliphatic rings. The Balaban J connectivity index is 0.000000147. The van der Waals surface area contributed by atoms with E-state index in [0.717, 1.165) is 79.0 Å². The molecule has 30 heteroatoms. The van der Waals surface area contributed by atoms with E-state index in [1.807, 2.05) is 146 Å². The van der Waals surface area contributed by atoms with Gasteiger partial charge in [0.25, 0.3) is 48.8 Å². The van der Waals surface area contributed by atoms with Crippen molar-refractivity contribution in [2.24, 2.45) is 51.9 Å². The summed E-state index contributed by atoms with van der Waals surface area (Å²) >= 11 is 6.02. The van der Waals surface area contributed by atoms with Gasteiger partial charge in [-0.1, -0.05) is 190 Å². The molecule has 6 atom stereocenters. The smallest absolute Gasteiger partial charge is 0.282 e. The van der Waals surface area contributed by atoms with Crippen molar-refractivity contribution >= 4 is 69.6 Å². The highest BCUT2D eigenvalue weighted by Crippen LogP contribution is 2.63. The van der Waals surface area contributed by atoms with Crippen molar-refractivity contribution < 1.29 is 70.0 Å². The number of aryl methyl sites for hydroxylation is 5. The fourth-order valence-corrected chi connectivity index (χ4v) is 18.7. The molecule has 4 aliphatic carbocycles. The Hall–Kier alpha value is -14.5. The Morgan fingerprint density at radius 1 is 0.396 bits per heavy atom. The number of carbonyl (C=O) groups excluding carboxylic acids is 5. The Morgan fingerprint density at radius 2 is 0.698 bits per heavy atom. The van der Waals surface area contributed by atoms with Gasteiger partial charge in [-0.3, -0.25) is 38.0 Å². The van der Waals surface area contributed by atoms with Crippen molar-refractivity contribution in [3.63, 3.8) is 0 Å². The van der Waals surface area contributed by atoms with Crippen LogP contribution >= 0.6 is 11.6 Å². The Kier molecular flexibility index (Phi) is 31.8. The highest BCUT2D eigenvalue weighted by Gasteiger charge is 2.50. The van der Waals surface area contributed by atoms with Crippen LogP contribution in [0.4, 0.5) is 59.2 Å². The minimum atomic E-state index is -2.85. The third-order valence-corrected chi connectivity index (χ3v) is 24.6. The number of anilines is 5. The van der Waals surface area contributed by atoms with E-state index in [1.165, 1.54) is 102 Å². The van der Waals surface area contributed by atoms with Crippen LogP contribution in [0.3, 0.4) is 0 Å². The molecule has 5 amide bonds. The van der Waals surface area contributed by atoms with Crippen LogP contribution in [0, 0.1) is 72.1 Å². The first-order valence-corrected chi connectivity index (χ1v) is 45.7. The summed E-state index contributed by atoms with van der Waals surface area (Å²) in [6, 6.07) is 59.6. The number of pyridine rings is 1. The summed E-state index contributed by atoms with van der Waals surface area (Å²) in [5.41, 5.74) is 11.2. The van der Waals surface area contributed by atoms with Gasteiger partial charge in [0.1, 0.15) is 44.6 Å². The van der Waals surface area contributed by atoms with E-state index in [-0.39, 0.29) is 33.3 Å². The number of hydrogen-bond donors (Lipinski definition) is 8. The van der Waals surface area contributed by atoms with Gasteiger partial charge in [0.2, 0.25) is 5.95 Å². The number of amides is 5. The van der Waals surface area contributed by atoms with Crippen LogP contribution in [0.5, 0.6) is 0 Å². The van der Waals surface area contributed by atoms with E-state index < -0.39 is 82.7 Å². The molecule has 13 aromatic rings. The standard InChI is InChI=1S/C23H19ClN2O2.C23H21F2N3O2.C23H22FN3O2.2C20H23F2N3O/c1-23(2,28)14-13-16-9-11-17(12-10-16)18-6-3-4-8-20(18)26-22(27)19-7-5-15-25-21(19)24;1-23(2,30)13-12-15-8-10-16(11-9-15)17-6-4-5-7-19(17)26-22(29)18-14-28(3)27-20(18)21(24)25;1-15-20(21(24)27(4)26-15)22(28)25-19-8-6-5-7-18(19)17-11-9-16(10-12-17)13-14-23(2,3)29;2*1-10(2)16-12-7-8-13(16)17-11(12)5-4-6-15(17)23-20(26)14-9-25(3)24-18(14)19(21)22/h3-12,15,28H,1-2H3,(H,26,27);4-11,14,21,30H,1-3H3,(H,26,29);5-12,29H,1-4H3,(H,25,28);2*4-6,9-10,12-13,16,19H,7-8H2,1-3H3,(H,23,26)/t;;;12?,13?,16-;/m...1./s1. The first-order chi connectivity index (χ1) is 65.9. The number of carbonyl (C=O) groups is 5. The van der Waals surface area contributed by atoms with Gasteiger partial charge < -0.3 is 41.9 Å². The second-order valence-corrected chi connectivity index (χ2v) is 37.2. The van der Waals surface area contributed by atoms with E-state index in [4.69, 9.17) is 11.6 Å². The predicted molar refractivity (Wildman–Crippen MR) is 526 cm³/mol. The van der Waals surface area contributed by atoms with E-state index in [1.54, 1.807) is 84.9 Å². The second kappa shape index (κ2) is 43.4. The third kappa shape index (κ3) is 24.7. The zero-order valence-electron chi connectivity index (χ0n) is 79.4. The maximum atomic E-state index is 14.2. The SMILES string of the molecule is CC(C)(O)C#Cc1ccc(-c2ccccc2NC(=O)c2cccnc2Cl)cc1.CC(C)C1C2CCC1c1c(NC(=O)c3cn(C)nc3C(F)F)cccc12.CC(C)[C@@H]1C2CCC1c1c(NC(=O)c3cn(C)nc3C(F)F)cccc12.Cc1nn(C)c(F)c1C(=O)Nc1ccccc1-c1ccc(C#CC(C)(C)O)cc1.Cn1cc(C(=O)Nc2ccccc2-c2ccc(C#CC(C)(C)O)cc2)c(C(F)F)n1. The maximum Gasteiger partial charge on any atom is 0.282 e. The number of hydrogen-bond acceptors (Lipinski definition) is 13. The van der Waals surface area contributed by atoms with Crippen LogP contribution in [0.15, 0.2) is 219 Å². The van der Waals surface area contributed by atoms with Crippen molar-refractivity contribution in [2.45, 2.75) is 162 Å². The molecule has 8 aromatic carbocycles. The van der Waals surface area contributed by atoms with E-state index in [9.17, 15) is 70.0 Å². The van der Waals surface area contributed by atoms with Gasteiger partial charge in [0, 0.05) is 115 Å². The summed E-state index contributed by atoms with van der Waals surface area (Å²) in [6.07, 6.45) is 1.74. The highest BCUT2D eigenvalue weighted by molar-refractivity contribution is 6.33. The van der Waals surface area contributed by atoms with Gasteiger partial charge in [-0.25, -0.2) is 36.0 Å². The first kappa shape index (κ1) is 102. The van der Waals surface area contributed by atoms with Gasteiger partial charge in [-0.2, -0.15) is 24.8 Å². The fourth-order valence-electron chi connectivity index (χ4n) is 18.5. The summed E-state index contributed by atoms with van der Waals surface area (Å²) in [5.74, 6) is 18.1. The average molecular weight is 1910 g/mol. The van der Waals surface area contributed by atoms with Crippen LogP contribution in [0.1, 0.15) is 251 Å². The van der Waals surface area contributed by atoms with Crippen LogP contribution < -0.4 is 26.6 Å². The minimum Gasteiger partial charge on any atom is -0.378 e. The molecule has 0 aliphatic heterocycles. The molecule has 139 heavy (non-hydrogen) atoms. The van der Waals surface area contributed by atoms with Crippen LogP contribution in [0.25, 0.3) is 33.4 Å². The Morgan fingerprint density at radius 3 is 1.00 bits per heavy atom. The molecule has 0 radical (unpaired) electrons. The highest BCUT2D eigenvalue weighted by atomic mass is 35.5. The van der Waals surface area contributed by atoms with Crippen molar-refractivity contribution in [1.82, 2.24) is 44.1 Å². The van der Waals surface area contributed by atoms with Gasteiger partial charge in [0.05, 0.1) is 27.9 Å². The monoisotopic (exact) mass is 1910 g/mol. The van der Waals surface area contributed by atoms with Crippen molar-refractivity contribution in [3.05, 3.63) is 320 Å². The number of aliphatic hydroxyl groups is 3. The van der Waals surface area contributed by atoms with E-state index >= 15 is 0 Å². The number of rotatable bonds is 18. The van der Waals surface area contributed by atoms with Gasteiger partial charge >= 0.3 is 0 Å². The Bertz CT molecular complexity index is 6770. The molecule has 0 saturated heterocycles. The molecule has 8 N–H and O–H groups in total. The number of aromatic nitrogens is 9. The Labute approximate surface area is 807 Å². The molecule has 2 saturated carbocycles. The van der Waals surface area contributed by atoms with Crippen LogP contribution in [0.2, 0.25) is 5.15 Å². The summed E-state index contributed by atoms with van der Waals surface area (Å²) in [6.45, 7) is 20.4. The number of para-hydroxylation sites is 3. The molecule has 2 fully saturated rings. The number of nitrogens with one attached hydrogen (secondary N) is 5. The van der Waals surface area contributed by atoms with Crippen molar-refractivity contribution in [3.8, 4) is 68.9 Å². The molecule has 5 aromatic heterocycles. The predicted octanol–water partition coefficient (Wildman–Crippen LogP) is 22.8. The van der Waals surface area contributed by atoms with E-state index in [0.29, 0.717) is 75.7 Å². The zero-order valence-corrected chi connectivity index (χ0v) is 80.2. The molecular weight excluding hydrogens is 1800 g/mol. The van der Waals surface area contributed by atoms with Crippen molar-refractivity contribution in [1.29, 1.82) is 0 Å². The lowest BCUT2D eigenvalue weighted by Crippen LogP contribution is -2.16. The molecule has 0 spiro atoms. The molecule has 5 heterocycles. The fraction of sp³-hybridized carbons (Fsp3) is 0.303. The van der Waals surface area contributed by atoms with Gasteiger partial charge in [-0.05, 0) is 239 Å². The topological polar surface area (TPSA) is 290 Å².